The molecular formula is C26H28FN3O3. The number of aromatic nitrogens is 1. The summed E-state index contributed by atoms with van der Waals surface area (Å²) < 4.78 is 19.3. The second-order valence-electron chi connectivity index (χ2n) is 9.00. The smallest absolute Gasteiger partial charge is 0.252 e. The van der Waals surface area contributed by atoms with Crippen LogP contribution >= 0.6 is 0 Å². The highest BCUT2D eigenvalue weighted by atomic mass is 19.1. The van der Waals surface area contributed by atoms with Crippen molar-refractivity contribution in [2.24, 2.45) is 5.92 Å². The van der Waals surface area contributed by atoms with E-state index < -0.39 is 17.3 Å². The summed E-state index contributed by atoms with van der Waals surface area (Å²) in [5.74, 6) is -1.07. The van der Waals surface area contributed by atoms with Gasteiger partial charge in [-0.2, -0.15) is 0 Å². The highest BCUT2D eigenvalue weighted by molar-refractivity contribution is 5.99. The molecule has 0 aliphatic carbocycles. The van der Waals surface area contributed by atoms with Crippen LogP contribution in [0.4, 0.5) is 4.39 Å². The number of rotatable bonds is 5. The highest BCUT2D eigenvalue weighted by Gasteiger charge is 2.35. The van der Waals surface area contributed by atoms with Gasteiger partial charge in [0.2, 0.25) is 5.91 Å². The third-order valence-electron chi connectivity index (χ3n) is 5.95. The largest absolute Gasteiger partial charge is 0.379 e. The number of hydrogen-bond donors (Lipinski definition) is 1. The van der Waals surface area contributed by atoms with Gasteiger partial charge in [0.1, 0.15) is 11.4 Å². The van der Waals surface area contributed by atoms with Crippen LogP contribution in [-0.2, 0) is 16.0 Å². The fourth-order valence-electron chi connectivity index (χ4n) is 4.29. The van der Waals surface area contributed by atoms with Crippen molar-refractivity contribution in [1.82, 2.24) is 15.2 Å². The lowest BCUT2D eigenvalue weighted by Crippen LogP contribution is -2.57. The van der Waals surface area contributed by atoms with E-state index in [0.29, 0.717) is 26.3 Å². The maximum absolute atomic E-state index is 13.5. The standard InChI is InChI=1S/C26H28FN3O3/c1-26(2,29-24(31)21-7-4-8-22(27)14-21)25(32)30-11-12-33-17-18(16-30)13-20-6-3-5-19-9-10-28-15-23(19)20/h3-10,14-15,18H,11-13,16-17H2,1-2H3,(H,29,31)/t18-/m1/s1. The summed E-state index contributed by atoms with van der Waals surface area (Å²) in [4.78, 5) is 32.0. The number of nitrogens with one attached hydrogen (secondary N) is 1. The molecule has 0 unspecified atom stereocenters. The molecule has 2 amide bonds. The lowest BCUT2D eigenvalue weighted by molar-refractivity contribution is -0.137. The van der Waals surface area contributed by atoms with E-state index in [1.165, 1.54) is 23.8 Å². The minimum absolute atomic E-state index is 0.108. The SMILES string of the molecule is CC(C)(NC(=O)c1cccc(F)c1)C(=O)N1CCOC[C@H](Cc2cccc3ccncc23)C1. The predicted molar refractivity (Wildman–Crippen MR) is 124 cm³/mol. The summed E-state index contributed by atoms with van der Waals surface area (Å²) in [6.07, 6.45) is 4.40. The van der Waals surface area contributed by atoms with Crippen molar-refractivity contribution in [1.29, 1.82) is 0 Å². The van der Waals surface area contributed by atoms with E-state index in [4.69, 9.17) is 4.74 Å². The Morgan fingerprint density at radius 1 is 1.21 bits per heavy atom. The topological polar surface area (TPSA) is 71.5 Å². The summed E-state index contributed by atoms with van der Waals surface area (Å²) in [6.45, 7) is 5.30. The molecule has 1 aliphatic heterocycles. The van der Waals surface area contributed by atoms with Gasteiger partial charge in [0.05, 0.1) is 13.2 Å². The monoisotopic (exact) mass is 449 g/mol. The lowest BCUT2D eigenvalue weighted by atomic mass is 9.95. The summed E-state index contributed by atoms with van der Waals surface area (Å²) in [5.41, 5.74) is 0.196. The molecule has 1 atom stereocenters. The van der Waals surface area contributed by atoms with Gasteiger partial charge in [0.15, 0.2) is 0 Å². The summed E-state index contributed by atoms with van der Waals surface area (Å²) in [6, 6.07) is 13.6. The molecule has 3 aromatic rings. The molecule has 1 N–H and O–H groups in total. The molecule has 1 fully saturated rings. The molecule has 2 heterocycles. The second kappa shape index (κ2) is 9.67. The van der Waals surface area contributed by atoms with Crippen molar-refractivity contribution >= 4 is 22.6 Å². The number of benzene rings is 2. The van der Waals surface area contributed by atoms with E-state index in [9.17, 15) is 14.0 Å². The van der Waals surface area contributed by atoms with Gasteiger partial charge in [-0.3, -0.25) is 14.6 Å². The van der Waals surface area contributed by atoms with Crippen molar-refractivity contribution in [2.75, 3.05) is 26.3 Å². The molecule has 172 valence electrons. The Morgan fingerprint density at radius 3 is 2.85 bits per heavy atom. The minimum Gasteiger partial charge on any atom is -0.379 e. The van der Waals surface area contributed by atoms with Crippen LogP contribution in [0.2, 0.25) is 0 Å². The average Bonchev–Trinajstić information content (AvgIpc) is 3.04. The number of amides is 2. The quantitative estimate of drug-likeness (QED) is 0.646. The molecule has 33 heavy (non-hydrogen) atoms. The molecule has 0 spiro atoms. The van der Waals surface area contributed by atoms with Crippen molar-refractivity contribution in [2.45, 2.75) is 25.8 Å². The number of fused-ring (bicyclic) bond motifs is 1. The third-order valence-corrected chi connectivity index (χ3v) is 5.95. The molecule has 1 aliphatic rings. The molecule has 7 heteroatoms. The predicted octanol–water partition coefficient (Wildman–Crippen LogP) is 3.60. The number of halogens is 1. The number of carbonyl (C=O) groups excluding carboxylic acids is 2. The van der Waals surface area contributed by atoms with Crippen LogP contribution < -0.4 is 5.32 Å². The molecule has 1 saturated heterocycles. The van der Waals surface area contributed by atoms with Crippen LogP contribution in [-0.4, -0.2) is 53.5 Å². The highest BCUT2D eigenvalue weighted by Crippen LogP contribution is 2.23. The Bertz CT molecular complexity index is 1160. The van der Waals surface area contributed by atoms with Crippen LogP contribution in [0.5, 0.6) is 0 Å². The molecule has 6 nitrogen and oxygen atoms in total. The maximum Gasteiger partial charge on any atom is 0.252 e. The van der Waals surface area contributed by atoms with Gasteiger partial charge in [-0.15, -0.1) is 0 Å². The Balaban J connectivity index is 1.47. The first-order valence-electron chi connectivity index (χ1n) is 11.1. The minimum atomic E-state index is -1.15. The number of nitrogens with zero attached hydrogens (tertiary/aromatic N) is 2. The second-order valence-corrected chi connectivity index (χ2v) is 9.00. The van der Waals surface area contributed by atoms with Gasteiger partial charge in [-0.25, -0.2) is 4.39 Å². The molecule has 1 aromatic heterocycles. The van der Waals surface area contributed by atoms with Gasteiger partial charge in [0, 0.05) is 42.4 Å². The molecule has 0 radical (unpaired) electrons. The van der Waals surface area contributed by atoms with E-state index in [1.54, 1.807) is 24.9 Å². The van der Waals surface area contributed by atoms with E-state index in [2.05, 4.69) is 22.4 Å². The fraction of sp³-hybridized carbons (Fsp3) is 0.346. The molecule has 2 aromatic carbocycles. The molecule has 0 bridgehead atoms. The number of hydrogen-bond acceptors (Lipinski definition) is 4. The van der Waals surface area contributed by atoms with Gasteiger partial charge < -0.3 is 15.0 Å². The first-order chi connectivity index (χ1) is 15.8. The van der Waals surface area contributed by atoms with Crippen LogP contribution in [0.3, 0.4) is 0 Å². The van der Waals surface area contributed by atoms with Crippen molar-refractivity contribution in [3.8, 4) is 0 Å². The van der Waals surface area contributed by atoms with Crippen LogP contribution in [0.25, 0.3) is 10.8 Å². The molecular weight excluding hydrogens is 421 g/mol. The fourth-order valence-corrected chi connectivity index (χ4v) is 4.29. The Labute approximate surface area is 192 Å². The van der Waals surface area contributed by atoms with Crippen molar-refractivity contribution < 1.29 is 18.7 Å². The van der Waals surface area contributed by atoms with Gasteiger partial charge in [0.25, 0.3) is 5.91 Å². The lowest BCUT2D eigenvalue weighted by Gasteiger charge is -2.33. The summed E-state index contributed by atoms with van der Waals surface area (Å²) in [7, 11) is 0. The van der Waals surface area contributed by atoms with Crippen LogP contribution in [0.15, 0.2) is 60.9 Å². The van der Waals surface area contributed by atoms with E-state index >= 15 is 0 Å². The first-order valence-corrected chi connectivity index (χ1v) is 11.1. The Morgan fingerprint density at radius 2 is 2.03 bits per heavy atom. The van der Waals surface area contributed by atoms with Crippen molar-refractivity contribution in [3.05, 3.63) is 77.9 Å². The third kappa shape index (κ3) is 5.37. The first kappa shape index (κ1) is 22.9. The summed E-state index contributed by atoms with van der Waals surface area (Å²) >= 11 is 0. The number of pyridine rings is 1. The van der Waals surface area contributed by atoms with E-state index in [-0.39, 0.29) is 17.4 Å². The van der Waals surface area contributed by atoms with Crippen LogP contribution in [0.1, 0.15) is 29.8 Å². The zero-order chi connectivity index (χ0) is 23.4. The van der Waals surface area contributed by atoms with Gasteiger partial charge in [-0.1, -0.05) is 24.3 Å². The normalized spacial score (nSPS) is 16.9. The zero-order valence-corrected chi connectivity index (χ0v) is 18.9. The Hall–Kier alpha value is -3.32. The van der Waals surface area contributed by atoms with Crippen LogP contribution in [0, 0.1) is 11.7 Å². The molecule has 4 rings (SSSR count). The number of carbonyl (C=O) groups is 2. The molecule has 0 saturated carbocycles. The van der Waals surface area contributed by atoms with E-state index in [0.717, 1.165) is 23.3 Å². The maximum atomic E-state index is 13.5. The van der Waals surface area contributed by atoms with E-state index in [1.807, 2.05) is 18.3 Å². The van der Waals surface area contributed by atoms with Gasteiger partial charge >= 0.3 is 0 Å². The summed E-state index contributed by atoms with van der Waals surface area (Å²) in [5, 5.41) is 4.99. The zero-order valence-electron chi connectivity index (χ0n) is 18.9. The Kier molecular flexibility index (Phi) is 6.70. The van der Waals surface area contributed by atoms with Crippen molar-refractivity contribution in [3.63, 3.8) is 0 Å². The average molecular weight is 450 g/mol. The van der Waals surface area contributed by atoms with Gasteiger partial charge in [-0.05, 0) is 55.5 Å². The number of ether oxygens (including phenoxy) is 1.